The highest BCUT2D eigenvalue weighted by Crippen LogP contribution is 2.27. The molecule has 0 radical (unpaired) electrons. The number of benzene rings is 3. The van der Waals surface area contributed by atoms with E-state index in [1.807, 2.05) is 43.3 Å². The Morgan fingerprint density at radius 1 is 0.885 bits per heavy atom. The number of aryl methyl sites for hydroxylation is 1. The van der Waals surface area contributed by atoms with Gasteiger partial charge >= 0.3 is 0 Å². The first-order chi connectivity index (χ1) is 12.6. The smallest absolute Gasteiger partial charge is 0.154 e. The second kappa shape index (κ2) is 6.73. The van der Waals surface area contributed by atoms with Crippen LogP contribution in [0.15, 0.2) is 76.8 Å². The third-order valence-electron chi connectivity index (χ3n) is 4.15. The predicted octanol–water partition coefficient (Wildman–Crippen LogP) is 5.22. The number of nitrogens with zero attached hydrogens (tertiary/aromatic N) is 2. The molecule has 0 aliphatic carbocycles. The summed E-state index contributed by atoms with van der Waals surface area (Å²) >= 11 is 6.02. The second-order valence-electron chi connectivity index (χ2n) is 6.07. The highest BCUT2D eigenvalue weighted by Gasteiger charge is 2.17. The van der Waals surface area contributed by atoms with Crippen molar-refractivity contribution >= 4 is 28.8 Å². The summed E-state index contributed by atoms with van der Waals surface area (Å²) in [6.45, 7) is 2.03. The Kier molecular flexibility index (Phi) is 4.27. The third kappa shape index (κ3) is 3.24. The molecule has 0 atom stereocenters. The van der Waals surface area contributed by atoms with Gasteiger partial charge in [-0.15, -0.1) is 0 Å². The van der Waals surface area contributed by atoms with Crippen molar-refractivity contribution in [2.24, 2.45) is 10.1 Å². The quantitative estimate of drug-likeness (QED) is 0.665. The zero-order chi connectivity index (χ0) is 18.1. The molecule has 0 unspecified atom stereocenters. The van der Waals surface area contributed by atoms with E-state index in [-0.39, 0.29) is 5.82 Å². The fourth-order valence-electron chi connectivity index (χ4n) is 2.82. The Balaban J connectivity index is 1.85. The van der Waals surface area contributed by atoms with Gasteiger partial charge in [0.05, 0.1) is 11.4 Å². The maximum absolute atomic E-state index is 13.2. The zero-order valence-electron chi connectivity index (χ0n) is 14.0. The molecular weight excluding hydrogens is 349 g/mol. The van der Waals surface area contributed by atoms with Crippen molar-refractivity contribution < 1.29 is 4.39 Å². The first-order valence-corrected chi connectivity index (χ1v) is 8.53. The van der Waals surface area contributed by atoms with Gasteiger partial charge in [-0.25, -0.2) is 9.38 Å². The minimum atomic E-state index is -0.288. The number of halogens is 2. The van der Waals surface area contributed by atoms with Crippen LogP contribution in [0.2, 0.25) is 5.02 Å². The van der Waals surface area contributed by atoms with Crippen LogP contribution in [0.1, 0.15) is 22.3 Å². The van der Waals surface area contributed by atoms with Crippen molar-refractivity contribution in [3.05, 3.63) is 99.8 Å². The SMILES string of the molecule is Cc1ccc2c(c1)C(c1ccc(Cl)cc1)=NNC(c1ccc(F)cc1)=N2. The van der Waals surface area contributed by atoms with Gasteiger partial charge < -0.3 is 0 Å². The topological polar surface area (TPSA) is 36.8 Å². The van der Waals surface area contributed by atoms with E-state index >= 15 is 0 Å². The first-order valence-electron chi connectivity index (χ1n) is 8.15. The average Bonchev–Trinajstić information content (AvgIpc) is 2.83. The predicted molar refractivity (Wildman–Crippen MR) is 104 cm³/mol. The molecule has 0 bridgehead atoms. The zero-order valence-corrected chi connectivity index (χ0v) is 14.8. The Labute approximate surface area is 155 Å². The number of hydrogen-bond acceptors (Lipinski definition) is 3. The number of amidine groups is 1. The van der Waals surface area contributed by atoms with Gasteiger partial charge in [0.1, 0.15) is 5.82 Å². The van der Waals surface area contributed by atoms with Crippen molar-refractivity contribution in [2.45, 2.75) is 6.92 Å². The van der Waals surface area contributed by atoms with Crippen molar-refractivity contribution in [1.29, 1.82) is 0 Å². The largest absolute Gasteiger partial charge is 0.260 e. The summed E-state index contributed by atoms with van der Waals surface area (Å²) in [5, 5.41) is 5.25. The molecule has 1 N–H and O–H groups in total. The summed E-state index contributed by atoms with van der Waals surface area (Å²) in [4.78, 5) is 4.72. The van der Waals surface area contributed by atoms with E-state index in [0.29, 0.717) is 10.9 Å². The molecule has 1 aliphatic rings. The molecule has 1 aliphatic heterocycles. The van der Waals surface area contributed by atoms with Gasteiger partial charge in [-0.2, -0.15) is 5.10 Å². The van der Waals surface area contributed by atoms with E-state index in [9.17, 15) is 4.39 Å². The lowest BCUT2D eigenvalue weighted by Crippen LogP contribution is -2.19. The lowest BCUT2D eigenvalue weighted by molar-refractivity contribution is 0.627. The second-order valence-corrected chi connectivity index (χ2v) is 6.50. The van der Waals surface area contributed by atoms with Gasteiger partial charge in [0.2, 0.25) is 0 Å². The highest BCUT2D eigenvalue weighted by atomic mass is 35.5. The molecule has 0 spiro atoms. The fourth-order valence-corrected chi connectivity index (χ4v) is 2.94. The number of fused-ring (bicyclic) bond motifs is 1. The summed E-state index contributed by atoms with van der Waals surface area (Å²) in [7, 11) is 0. The summed E-state index contributed by atoms with van der Waals surface area (Å²) in [6, 6.07) is 19.7. The number of rotatable bonds is 2. The molecule has 3 nitrogen and oxygen atoms in total. The van der Waals surface area contributed by atoms with Gasteiger partial charge in [0.15, 0.2) is 5.84 Å². The van der Waals surface area contributed by atoms with E-state index in [1.165, 1.54) is 12.1 Å². The Bertz CT molecular complexity index is 1020. The number of hydrogen-bond donors (Lipinski definition) is 1. The number of nitrogens with one attached hydrogen (secondary N) is 1. The van der Waals surface area contributed by atoms with Gasteiger partial charge in [-0.05, 0) is 55.5 Å². The Morgan fingerprint density at radius 2 is 1.58 bits per heavy atom. The lowest BCUT2D eigenvalue weighted by Gasteiger charge is -2.08. The summed E-state index contributed by atoms with van der Waals surface area (Å²) in [6.07, 6.45) is 0. The van der Waals surface area contributed by atoms with Crippen LogP contribution in [-0.2, 0) is 0 Å². The standard InChI is InChI=1S/C21H15ClFN3/c1-13-2-11-19-18(12-13)20(14-3-7-16(22)8-4-14)25-26-21(24-19)15-5-9-17(23)10-6-15/h2-12H,1H3,(H,24,26). The summed E-state index contributed by atoms with van der Waals surface area (Å²) in [5.74, 6) is 0.281. The molecule has 0 fully saturated rings. The van der Waals surface area contributed by atoms with Crippen LogP contribution in [0.4, 0.5) is 10.1 Å². The van der Waals surface area contributed by atoms with Crippen LogP contribution < -0.4 is 5.43 Å². The van der Waals surface area contributed by atoms with Crippen molar-refractivity contribution in [1.82, 2.24) is 5.43 Å². The number of aliphatic imine (C=N–C) groups is 1. The van der Waals surface area contributed by atoms with E-state index < -0.39 is 0 Å². The normalized spacial score (nSPS) is 13.2. The maximum atomic E-state index is 13.2. The van der Waals surface area contributed by atoms with Crippen molar-refractivity contribution in [3.63, 3.8) is 0 Å². The minimum Gasteiger partial charge on any atom is -0.260 e. The molecule has 0 saturated carbocycles. The Hall–Kier alpha value is -2.98. The van der Waals surface area contributed by atoms with Gasteiger partial charge in [-0.1, -0.05) is 35.4 Å². The lowest BCUT2D eigenvalue weighted by atomic mass is 9.99. The molecule has 128 valence electrons. The first kappa shape index (κ1) is 16.5. The van der Waals surface area contributed by atoms with E-state index in [2.05, 4.69) is 16.6 Å². The van der Waals surface area contributed by atoms with Gasteiger partial charge in [0, 0.05) is 21.7 Å². The monoisotopic (exact) mass is 363 g/mol. The summed E-state index contributed by atoms with van der Waals surface area (Å²) < 4.78 is 13.2. The molecule has 26 heavy (non-hydrogen) atoms. The highest BCUT2D eigenvalue weighted by molar-refractivity contribution is 6.30. The van der Waals surface area contributed by atoms with Crippen LogP contribution in [0, 0.1) is 12.7 Å². The van der Waals surface area contributed by atoms with Crippen LogP contribution in [-0.4, -0.2) is 11.5 Å². The van der Waals surface area contributed by atoms with Crippen LogP contribution in [0.3, 0.4) is 0 Å². The van der Waals surface area contributed by atoms with Crippen molar-refractivity contribution in [2.75, 3.05) is 0 Å². The Morgan fingerprint density at radius 3 is 2.31 bits per heavy atom. The molecular formula is C21H15ClFN3. The van der Waals surface area contributed by atoms with Crippen LogP contribution in [0.25, 0.3) is 0 Å². The molecule has 0 saturated heterocycles. The fraction of sp³-hybridized carbons (Fsp3) is 0.0476. The number of hydrazone groups is 1. The van der Waals surface area contributed by atoms with E-state index in [4.69, 9.17) is 16.6 Å². The summed E-state index contributed by atoms with van der Waals surface area (Å²) in [5.41, 5.74) is 8.35. The van der Waals surface area contributed by atoms with E-state index in [0.717, 1.165) is 33.7 Å². The van der Waals surface area contributed by atoms with Gasteiger partial charge in [0.25, 0.3) is 0 Å². The van der Waals surface area contributed by atoms with Crippen molar-refractivity contribution in [3.8, 4) is 0 Å². The molecule has 0 aromatic heterocycles. The molecule has 3 aromatic carbocycles. The average molecular weight is 364 g/mol. The van der Waals surface area contributed by atoms with Crippen LogP contribution in [0.5, 0.6) is 0 Å². The molecule has 1 heterocycles. The molecule has 5 heteroatoms. The van der Waals surface area contributed by atoms with Gasteiger partial charge in [-0.3, -0.25) is 5.43 Å². The van der Waals surface area contributed by atoms with E-state index in [1.54, 1.807) is 12.1 Å². The molecule has 0 amide bonds. The third-order valence-corrected chi connectivity index (χ3v) is 4.40. The maximum Gasteiger partial charge on any atom is 0.154 e. The van der Waals surface area contributed by atoms with Crippen LogP contribution >= 0.6 is 11.6 Å². The molecule has 4 rings (SSSR count). The molecule has 3 aromatic rings. The minimum absolute atomic E-state index is 0.288.